The summed E-state index contributed by atoms with van der Waals surface area (Å²) < 4.78 is 5.39. The normalized spacial score (nSPS) is 10.9. The Labute approximate surface area is 176 Å². The maximum Gasteiger partial charge on any atom is 0.260 e. The predicted octanol–water partition coefficient (Wildman–Crippen LogP) is 5.45. The molecule has 0 spiro atoms. The van der Waals surface area contributed by atoms with E-state index in [1.165, 1.54) is 11.8 Å². The first kappa shape index (κ1) is 19.4. The molecule has 4 aromatic rings. The molecule has 146 valence electrons. The molecule has 3 heterocycles. The Kier molecular flexibility index (Phi) is 5.46. The molecule has 0 saturated carbocycles. The van der Waals surface area contributed by atoms with Crippen molar-refractivity contribution < 1.29 is 9.21 Å². The van der Waals surface area contributed by atoms with E-state index in [0.717, 1.165) is 16.3 Å². The third-order valence-corrected chi connectivity index (χ3v) is 5.71. The van der Waals surface area contributed by atoms with Crippen LogP contribution in [0.2, 0.25) is 0 Å². The van der Waals surface area contributed by atoms with Crippen molar-refractivity contribution in [2.24, 2.45) is 0 Å². The fourth-order valence-electron chi connectivity index (χ4n) is 2.92. The van der Waals surface area contributed by atoms with Gasteiger partial charge in [0.2, 0.25) is 0 Å². The Balaban J connectivity index is 1.63. The second kappa shape index (κ2) is 8.18. The van der Waals surface area contributed by atoms with E-state index in [-0.39, 0.29) is 5.91 Å². The van der Waals surface area contributed by atoms with Gasteiger partial charge in [0.05, 0.1) is 28.2 Å². The highest BCUT2D eigenvalue weighted by molar-refractivity contribution is 7.98. The monoisotopic (exact) mass is 422 g/mol. The number of furan rings is 1. The average Bonchev–Trinajstić information content (AvgIpc) is 3.39. The van der Waals surface area contributed by atoms with Crippen LogP contribution < -0.4 is 5.32 Å². The molecule has 8 heteroatoms. The van der Waals surface area contributed by atoms with E-state index in [1.54, 1.807) is 36.7 Å². The lowest BCUT2D eigenvalue weighted by molar-refractivity contribution is 0.102. The van der Waals surface area contributed by atoms with Gasteiger partial charge in [0.1, 0.15) is 5.03 Å². The molecule has 0 atom stereocenters. The van der Waals surface area contributed by atoms with E-state index in [2.05, 4.69) is 20.3 Å². The van der Waals surface area contributed by atoms with Crippen molar-refractivity contribution in [3.05, 3.63) is 64.3 Å². The van der Waals surface area contributed by atoms with Gasteiger partial charge in [0, 0.05) is 16.6 Å². The van der Waals surface area contributed by atoms with Crippen LogP contribution in [-0.2, 0) is 0 Å². The minimum Gasteiger partial charge on any atom is -0.461 e. The van der Waals surface area contributed by atoms with Crippen LogP contribution in [0.1, 0.15) is 21.1 Å². The lowest BCUT2D eigenvalue weighted by atomic mass is 10.1. The smallest absolute Gasteiger partial charge is 0.260 e. The lowest BCUT2D eigenvalue weighted by Gasteiger charge is -2.12. The summed E-state index contributed by atoms with van der Waals surface area (Å²) in [5, 5.41) is 6.58. The van der Waals surface area contributed by atoms with Crippen molar-refractivity contribution in [2.45, 2.75) is 18.9 Å². The second-order valence-electron chi connectivity index (χ2n) is 6.28. The highest BCUT2D eigenvalue weighted by Gasteiger charge is 2.20. The van der Waals surface area contributed by atoms with Crippen LogP contribution in [0.4, 0.5) is 5.69 Å². The van der Waals surface area contributed by atoms with Gasteiger partial charge in [-0.15, -0.1) is 23.1 Å². The number of nitrogens with one attached hydrogen (secondary N) is 1. The molecule has 1 N–H and O–H groups in total. The quantitative estimate of drug-likeness (QED) is 0.340. The minimum absolute atomic E-state index is 0.246. The number of amides is 1. The van der Waals surface area contributed by atoms with E-state index in [1.807, 2.05) is 42.8 Å². The Hall–Kier alpha value is -2.97. The summed E-state index contributed by atoms with van der Waals surface area (Å²) in [4.78, 5) is 26.5. The van der Waals surface area contributed by atoms with Crippen molar-refractivity contribution >= 4 is 34.7 Å². The van der Waals surface area contributed by atoms with Gasteiger partial charge in [-0.2, -0.15) is 0 Å². The number of carbonyl (C=O) groups excluding carboxylic acids is 1. The Morgan fingerprint density at radius 3 is 2.69 bits per heavy atom. The number of hydrogen-bond acceptors (Lipinski definition) is 7. The molecule has 0 radical (unpaired) electrons. The van der Waals surface area contributed by atoms with Crippen LogP contribution in [0.3, 0.4) is 0 Å². The topological polar surface area (TPSA) is 80.9 Å². The van der Waals surface area contributed by atoms with E-state index >= 15 is 0 Å². The summed E-state index contributed by atoms with van der Waals surface area (Å²) in [6.45, 7) is 3.77. The summed E-state index contributed by atoms with van der Waals surface area (Å²) in [5.41, 5.74) is 3.61. The summed E-state index contributed by atoms with van der Waals surface area (Å²) >= 11 is 3.00. The van der Waals surface area contributed by atoms with Crippen LogP contribution in [0.5, 0.6) is 0 Å². The molecule has 0 aliphatic heterocycles. The molecular weight excluding hydrogens is 404 g/mol. The molecule has 29 heavy (non-hydrogen) atoms. The van der Waals surface area contributed by atoms with Gasteiger partial charge in [-0.25, -0.2) is 15.0 Å². The molecule has 4 rings (SSSR count). The molecule has 0 bridgehead atoms. The third kappa shape index (κ3) is 4.08. The largest absolute Gasteiger partial charge is 0.461 e. The Morgan fingerprint density at radius 2 is 2.00 bits per heavy atom. The summed E-state index contributed by atoms with van der Waals surface area (Å²) in [6, 6.07) is 11.2. The second-order valence-corrected chi connectivity index (χ2v) is 8.14. The van der Waals surface area contributed by atoms with Gasteiger partial charge in [-0.05, 0) is 44.4 Å². The molecule has 1 amide bonds. The van der Waals surface area contributed by atoms with Crippen LogP contribution in [0.25, 0.3) is 22.8 Å². The zero-order valence-electron chi connectivity index (χ0n) is 16.1. The van der Waals surface area contributed by atoms with Gasteiger partial charge in [0.15, 0.2) is 11.6 Å². The molecular formula is C21H18N4O2S2. The SMILES string of the molecule is CSc1nc(-c2ccco2)nc(C)c1C(=O)Nc1cccc(-c2csc(C)n2)c1. The number of aromatic nitrogens is 3. The minimum atomic E-state index is -0.246. The molecule has 0 unspecified atom stereocenters. The molecule has 0 saturated heterocycles. The number of nitrogens with zero attached hydrogens (tertiary/aromatic N) is 3. The van der Waals surface area contributed by atoms with Crippen molar-refractivity contribution in [3.63, 3.8) is 0 Å². The maximum absolute atomic E-state index is 13.0. The molecule has 3 aromatic heterocycles. The molecule has 0 aliphatic rings. The fourth-order valence-corrected chi connectivity index (χ4v) is 4.16. The molecule has 1 aromatic carbocycles. The summed E-state index contributed by atoms with van der Waals surface area (Å²) in [6.07, 6.45) is 3.46. The number of thioether (sulfide) groups is 1. The highest BCUT2D eigenvalue weighted by atomic mass is 32.2. The zero-order chi connectivity index (χ0) is 20.4. The number of aryl methyl sites for hydroxylation is 2. The summed E-state index contributed by atoms with van der Waals surface area (Å²) in [7, 11) is 0. The van der Waals surface area contributed by atoms with Crippen LogP contribution in [-0.4, -0.2) is 27.1 Å². The van der Waals surface area contributed by atoms with Gasteiger partial charge in [-0.1, -0.05) is 12.1 Å². The zero-order valence-corrected chi connectivity index (χ0v) is 17.7. The predicted molar refractivity (Wildman–Crippen MR) is 116 cm³/mol. The van der Waals surface area contributed by atoms with Crippen molar-refractivity contribution in [2.75, 3.05) is 11.6 Å². The molecule has 6 nitrogen and oxygen atoms in total. The van der Waals surface area contributed by atoms with E-state index in [9.17, 15) is 4.79 Å². The van der Waals surface area contributed by atoms with Crippen LogP contribution in [0.15, 0.2) is 57.5 Å². The Bertz CT molecular complexity index is 1170. The standard InChI is InChI=1S/C21H18N4O2S2/c1-12-18(21(28-3)25-19(22-12)17-8-5-9-27-17)20(26)24-15-7-4-6-14(10-15)16-11-29-13(2)23-16/h4-11H,1-3H3,(H,24,26). The van der Waals surface area contributed by atoms with Gasteiger partial charge < -0.3 is 9.73 Å². The number of hydrogen-bond donors (Lipinski definition) is 1. The van der Waals surface area contributed by atoms with Crippen molar-refractivity contribution in [1.29, 1.82) is 0 Å². The lowest BCUT2D eigenvalue weighted by Crippen LogP contribution is -2.17. The third-order valence-electron chi connectivity index (χ3n) is 4.25. The molecule has 0 fully saturated rings. The number of rotatable bonds is 5. The number of anilines is 1. The van der Waals surface area contributed by atoms with E-state index in [4.69, 9.17) is 4.42 Å². The Morgan fingerprint density at radius 1 is 1.14 bits per heavy atom. The van der Waals surface area contributed by atoms with Crippen molar-refractivity contribution in [1.82, 2.24) is 15.0 Å². The number of carbonyl (C=O) groups is 1. The van der Waals surface area contributed by atoms with E-state index < -0.39 is 0 Å². The van der Waals surface area contributed by atoms with Crippen LogP contribution >= 0.6 is 23.1 Å². The van der Waals surface area contributed by atoms with E-state index in [0.29, 0.717) is 33.6 Å². The number of benzene rings is 1. The van der Waals surface area contributed by atoms with Gasteiger partial charge in [-0.3, -0.25) is 4.79 Å². The van der Waals surface area contributed by atoms with Crippen LogP contribution in [0, 0.1) is 13.8 Å². The maximum atomic E-state index is 13.0. The van der Waals surface area contributed by atoms with Gasteiger partial charge in [0.25, 0.3) is 5.91 Å². The first-order valence-corrected chi connectivity index (χ1v) is 11.0. The van der Waals surface area contributed by atoms with Crippen molar-refractivity contribution in [3.8, 4) is 22.8 Å². The summed E-state index contributed by atoms with van der Waals surface area (Å²) in [5.74, 6) is 0.792. The van der Waals surface area contributed by atoms with Gasteiger partial charge >= 0.3 is 0 Å². The fraction of sp³-hybridized carbons (Fsp3) is 0.143. The molecule has 0 aliphatic carbocycles. The average molecular weight is 423 g/mol. The first-order valence-electron chi connectivity index (χ1n) is 8.85. The highest BCUT2D eigenvalue weighted by Crippen LogP contribution is 2.27. The number of thiazole rings is 1. The first-order chi connectivity index (χ1) is 14.0.